The number of benzene rings is 2. The van der Waals surface area contributed by atoms with Gasteiger partial charge in [0.2, 0.25) is 0 Å². The van der Waals surface area contributed by atoms with Crippen LogP contribution in [0.3, 0.4) is 0 Å². The minimum absolute atomic E-state index is 0.173. The Morgan fingerprint density at radius 3 is 2.81 bits per heavy atom. The van der Waals surface area contributed by atoms with Gasteiger partial charge in [0.25, 0.3) is 0 Å². The Morgan fingerprint density at radius 1 is 1.26 bits per heavy atom. The number of hydrogen-bond acceptors (Lipinski definition) is 4. The average Bonchev–Trinajstić information content (AvgIpc) is 3.19. The highest BCUT2D eigenvalue weighted by molar-refractivity contribution is 5.99. The van der Waals surface area contributed by atoms with Gasteiger partial charge in [0.1, 0.15) is 11.5 Å². The fraction of sp³-hybridized carbons (Fsp3) is 0.211. The van der Waals surface area contributed by atoms with Crippen molar-refractivity contribution in [3.63, 3.8) is 0 Å². The van der Waals surface area contributed by atoms with Gasteiger partial charge in [0.15, 0.2) is 5.82 Å². The molecular formula is C19H18FN5O2. The first kappa shape index (κ1) is 17.2. The standard InChI is InChI=1S/C19H18FN5O2/c1-24(2)7-8-25-16-10-12(20)4-6-15(16)21-18(25)17-13-9-11(19(26)27)3-5-14(13)22-23-17/h3-6,9-10H,7-8H2,1-2H3,(H,22,23)(H,26,27). The molecule has 138 valence electrons. The van der Waals surface area contributed by atoms with E-state index < -0.39 is 5.97 Å². The van der Waals surface area contributed by atoms with Crippen molar-refractivity contribution >= 4 is 27.9 Å². The van der Waals surface area contributed by atoms with Crippen LogP contribution in [0, 0.1) is 5.82 Å². The number of halogens is 1. The number of aromatic nitrogens is 4. The molecule has 0 amide bonds. The third-order valence-corrected chi connectivity index (χ3v) is 4.50. The zero-order valence-corrected chi connectivity index (χ0v) is 14.9. The summed E-state index contributed by atoms with van der Waals surface area (Å²) in [5, 5.41) is 17.2. The summed E-state index contributed by atoms with van der Waals surface area (Å²) in [5.74, 6) is -0.765. The van der Waals surface area contributed by atoms with Gasteiger partial charge >= 0.3 is 5.97 Å². The molecule has 2 heterocycles. The van der Waals surface area contributed by atoms with Gasteiger partial charge < -0.3 is 14.6 Å². The first-order chi connectivity index (χ1) is 12.9. The molecule has 0 aliphatic heterocycles. The maximum atomic E-state index is 13.8. The number of nitrogens with zero attached hydrogens (tertiary/aromatic N) is 4. The van der Waals surface area contributed by atoms with Gasteiger partial charge in [-0.3, -0.25) is 5.10 Å². The summed E-state index contributed by atoms with van der Waals surface area (Å²) in [7, 11) is 3.92. The van der Waals surface area contributed by atoms with E-state index in [1.807, 2.05) is 23.6 Å². The topological polar surface area (TPSA) is 87.0 Å². The highest BCUT2D eigenvalue weighted by atomic mass is 19.1. The molecule has 0 atom stereocenters. The van der Waals surface area contributed by atoms with E-state index in [-0.39, 0.29) is 11.4 Å². The van der Waals surface area contributed by atoms with E-state index >= 15 is 0 Å². The lowest BCUT2D eigenvalue weighted by Gasteiger charge is -2.13. The molecule has 4 rings (SSSR count). The molecule has 2 aromatic carbocycles. The van der Waals surface area contributed by atoms with Crippen LogP contribution in [-0.4, -0.2) is 56.4 Å². The molecule has 7 nitrogen and oxygen atoms in total. The maximum Gasteiger partial charge on any atom is 0.335 e. The van der Waals surface area contributed by atoms with Gasteiger partial charge in [-0.15, -0.1) is 0 Å². The summed E-state index contributed by atoms with van der Waals surface area (Å²) in [6.07, 6.45) is 0. The van der Waals surface area contributed by atoms with E-state index in [4.69, 9.17) is 0 Å². The lowest BCUT2D eigenvalue weighted by molar-refractivity contribution is 0.0697. The summed E-state index contributed by atoms with van der Waals surface area (Å²) in [6, 6.07) is 9.25. The molecule has 0 fully saturated rings. The maximum absolute atomic E-state index is 13.8. The minimum Gasteiger partial charge on any atom is -0.478 e. The zero-order chi connectivity index (χ0) is 19.1. The van der Waals surface area contributed by atoms with Gasteiger partial charge in [0, 0.05) is 18.5 Å². The Bertz CT molecular complexity index is 1160. The van der Waals surface area contributed by atoms with Crippen molar-refractivity contribution in [2.45, 2.75) is 6.54 Å². The van der Waals surface area contributed by atoms with E-state index in [1.165, 1.54) is 18.2 Å². The van der Waals surface area contributed by atoms with E-state index in [9.17, 15) is 14.3 Å². The van der Waals surface area contributed by atoms with Crippen molar-refractivity contribution in [2.24, 2.45) is 0 Å². The molecule has 0 saturated carbocycles. The molecule has 0 saturated heterocycles. The van der Waals surface area contributed by atoms with E-state index in [2.05, 4.69) is 15.2 Å². The van der Waals surface area contributed by atoms with Crippen LogP contribution in [-0.2, 0) is 6.54 Å². The van der Waals surface area contributed by atoms with Crippen molar-refractivity contribution in [2.75, 3.05) is 20.6 Å². The van der Waals surface area contributed by atoms with Crippen LogP contribution in [0.2, 0.25) is 0 Å². The fourth-order valence-electron chi connectivity index (χ4n) is 3.12. The second-order valence-corrected chi connectivity index (χ2v) is 6.66. The summed E-state index contributed by atoms with van der Waals surface area (Å²) < 4.78 is 15.7. The first-order valence-corrected chi connectivity index (χ1v) is 8.46. The smallest absolute Gasteiger partial charge is 0.335 e. The Labute approximate surface area is 154 Å². The molecule has 0 aliphatic rings. The van der Waals surface area contributed by atoms with Gasteiger partial charge in [-0.2, -0.15) is 5.10 Å². The van der Waals surface area contributed by atoms with Crippen LogP contribution in [0.4, 0.5) is 4.39 Å². The number of H-pyrrole nitrogens is 1. The molecule has 8 heteroatoms. The molecule has 2 aromatic heterocycles. The van der Waals surface area contributed by atoms with E-state index in [0.29, 0.717) is 40.0 Å². The number of aromatic carboxylic acids is 1. The van der Waals surface area contributed by atoms with Gasteiger partial charge in [-0.05, 0) is 50.5 Å². The number of fused-ring (bicyclic) bond motifs is 2. The molecular weight excluding hydrogens is 349 g/mol. The predicted molar refractivity (Wildman–Crippen MR) is 100 cm³/mol. The van der Waals surface area contributed by atoms with Gasteiger partial charge in [0.05, 0.1) is 22.1 Å². The number of aromatic amines is 1. The monoisotopic (exact) mass is 367 g/mol. The number of nitrogens with one attached hydrogen (secondary N) is 1. The summed E-state index contributed by atoms with van der Waals surface area (Å²) in [5.41, 5.74) is 2.77. The van der Waals surface area contributed by atoms with Crippen molar-refractivity contribution in [3.05, 3.63) is 47.8 Å². The highest BCUT2D eigenvalue weighted by Gasteiger charge is 2.19. The number of imidazole rings is 1. The van der Waals surface area contributed by atoms with Crippen LogP contribution in [0.15, 0.2) is 36.4 Å². The molecule has 4 aromatic rings. The molecule has 0 spiro atoms. The molecule has 0 aliphatic carbocycles. The van der Waals surface area contributed by atoms with Crippen LogP contribution in [0.25, 0.3) is 33.5 Å². The second kappa shape index (κ2) is 6.48. The van der Waals surface area contributed by atoms with Crippen molar-refractivity contribution in [1.82, 2.24) is 24.6 Å². The van der Waals surface area contributed by atoms with Gasteiger partial charge in [-0.1, -0.05) is 0 Å². The number of hydrogen-bond donors (Lipinski definition) is 2. The molecule has 2 N–H and O–H groups in total. The Hall–Kier alpha value is -3.26. The van der Waals surface area contributed by atoms with Crippen LogP contribution >= 0.6 is 0 Å². The quantitative estimate of drug-likeness (QED) is 0.566. The molecule has 27 heavy (non-hydrogen) atoms. The highest BCUT2D eigenvalue weighted by Crippen LogP contribution is 2.30. The number of carboxylic acid groups (broad SMARTS) is 1. The Kier molecular flexibility index (Phi) is 4.12. The van der Waals surface area contributed by atoms with Crippen LogP contribution < -0.4 is 0 Å². The van der Waals surface area contributed by atoms with Crippen molar-refractivity contribution in [3.8, 4) is 11.5 Å². The Balaban J connectivity index is 1.95. The zero-order valence-electron chi connectivity index (χ0n) is 14.9. The van der Waals surface area contributed by atoms with E-state index in [0.717, 1.165) is 6.54 Å². The molecule has 0 radical (unpaired) electrons. The second-order valence-electron chi connectivity index (χ2n) is 6.66. The van der Waals surface area contributed by atoms with Gasteiger partial charge in [-0.25, -0.2) is 14.2 Å². The third kappa shape index (κ3) is 3.04. The first-order valence-electron chi connectivity index (χ1n) is 8.46. The number of rotatable bonds is 5. The lowest BCUT2D eigenvalue weighted by Crippen LogP contribution is -2.19. The normalized spacial score (nSPS) is 11.7. The van der Waals surface area contributed by atoms with Crippen molar-refractivity contribution < 1.29 is 14.3 Å². The molecule has 0 unspecified atom stereocenters. The fourth-order valence-corrected chi connectivity index (χ4v) is 3.12. The Morgan fingerprint density at radius 2 is 2.07 bits per heavy atom. The lowest BCUT2D eigenvalue weighted by atomic mass is 10.1. The molecule has 0 bridgehead atoms. The summed E-state index contributed by atoms with van der Waals surface area (Å²) in [6.45, 7) is 1.33. The van der Waals surface area contributed by atoms with Crippen molar-refractivity contribution in [1.29, 1.82) is 0 Å². The SMILES string of the molecule is CN(C)CCn1c(-c2n[nH]c3ccc(C(=O)O)cc23)nc2ccc(F)cc21. The number of carboxylic acids is 1. The largest absolute Gasteiger partial charge is 0.478 e. The van der Waals surface area contributed by atoms with Crippen LogP contribution in [0.5, 0.6) is 0 Å². The summed E-state index contributed by atoms with van der Waals surface area (Å²) >= 11 is 0. The van der Waals surface area contributed by atoms with E-state index in [1.54, 1.807) is 18.2 Å². The third-order valence-electron chi connectivity index (χ3n) is 4.50. The number of carbonyl (C=O) groups is 1. The predicted octanol–water partition coefficient (Wildman–Crippen LogP) is 2.98. The van der Waals surface area contributed by atoms with Crippen LogP contribution in [0.1, 0.15) is 10.4 Å². The number of likely N-dealkylation sites (N-methyl/N-ethyl adjacent to an activating group) is 1. The average molecular weight is 367 g/mol. The minimum atomic E-state index is -1.01. The summed E-state index contributed by atoms with van der Waals surface area (Å²) in [4.78, 5) is 18.0.